The van der Waals surface area contributed by atoms with Gasteiger partial charge in [-0.2, -0.15) is 0 Å². The first-order valence-corrected chi connectivity index (χ1v) is 3.45. The first-order chi connectivity index (χ1) is 5.24. The van der Waals surface area contributed by atoms with Crippen molar-refractivity contribution in [3.63, 3.8) is 0 Å². The Morgan fingerprint density at radius 1 is 1.18 bits per heavy atom. The van der Waals surface area contributed by atoms with Crippen molar-refractivity contribution in [3.8, 4) is 11.5 Å². The maximum atomic E-state index is 9.04. The van der Waals surface area contributed by atoms with E-state index in [2.05, 4.69) is 0 Å². The zero-order valence-electron chi connectivity index (χ0n) is 6.12. The van der Waals surface area contributed by atoms with E-state index < -0.39 is 0 Å². The average Bonchev–Trinajstić information content (AvgIpc) is 1.98. The lowest BCUT2D eigenvalue weighted by Gasteiger charge is -2.00. The highest BCUT2D eigenvalue weighted by atomic mass is 16.3. The lowest BCUT2D eigenvalue weighted by molar-refractivity contribution is 0.403. The summed E-state index contributed by atoms with van der Waals surface area (Å²) in [7, 11) is 0. The van der Waals surface area contributed by atoms with E-state index in [0.717, 1.165) is 5.56 Å². The molecule has 4 N–H and O–H groups in total. The molecular formula is C8H11NO2. The van der Waals surface area contributed by atoms with Gasteiger partial charge in [-0.05, 0) is 30.7 Å². The summed E-state index contributed by atoms with van der Waals surface area (Å²) >= 11 is 0. The zero-order chi connectivity index (χ0) is 8.27. The van der Waals surface area contributed by atoms with Gasteiger partial charge in [0, 0.05) is 0 Å². The first kappa shape index (κ1) is 7.88. The molecule has 0 aliphatic heterocycles. The van der Waals surface area contributed by atoms with Gasteiger partial charge in [0.15, 0.2) is 11.5 Å². The van der Waals surface area contributed by atoms with Crippen molar-refractivity contribution in [3.05, 3.63) is 23.8 Å². The summed E-state index contributed by atoms with van der Waals surface area (Å²) in [4.78, 5) is 0. The van der Waals surface area contributed by atoms with Gasteiger partial charge < -0.3 is 15.9 Å². The maximum absolute atomic E-state index is 9.04. The minimum absolute atomic E-state index is 0.0871. The smallest absolute Gasteiger partial charge is 0.157 e. The number of phenols is 2. The molecule has 0 atom stereocenters. The van der Waals surface area contributed by atoms with Gasteiger partial charge in [0.05, 0.1) is 0 Å². The third kappa shape index (κ3) is 1.85. The number of nitrogens with two attached hydrogens (primary N) is 1. The summed E-state index contributed by atoms with van der Waals surface area (Å²) in [5.41, 5.74) is 6.24. The Balaban J connectivity index is 2.86. The predicted octanol–water partition coefficient (Wildman–Crippen LogP) is 0.599. The Kier molecular flexibility index (Phi) is 2.33. The molecule has 0 amide bonds. The van der Waals surface area contributed by atoms with Crippen molar-refractivity contribution in [1.29, 1.82) is 0 Å². The molecule has 1 aromatic carbocycles. The SMILES string of the molecule is N[11CH2]Cc1ccc(O)c(O)c1. The molecule has 0 radical (unpaired) electrons. The summed E-state index contributed by atoms with van der Waals surface area (Å²) in [5.74, 6) is -0.179. The predicted molar refractivity (Wildman–Crippen MR) is 42.5 cm³/mol. The highest BCUT2D eigenvalue weighted by Gasteiger charge is 1.98. The molecule has 0 aliphatic rings. The highest BCUT2D eigenvalue weighted by Crippen LogP contribution is 2.24. The van der Waals surface area contributed by atoms with E-state index in [1.54, 1.807) is 6.07 Å². The molecule has 1 aromatic rings. The average molecular weight is 152 g/mol. The second-order valence-corrected chi connectivity index (χ2v) is 2.36. The van der Waals surface area contributed by atoms with Crippen molar-refractivity contribution in [2.24, 2.45) is 5.73 Å². The highest BCUT2D eigenvalue weighted by molar-refractivity contribution is 5.40. The molecular weight excluding hydrogens is 141 g/mol. The molecule has 1 rings (SSSR count). The number of aromatic hydroxyl groups is 2. The molecule has 11 heavy (non-hydrogen) atoms. The summed E-state index contributed by atoms with van der Waals surface area (Å²) in [6.07, 6.45) is 0.716. The van der Waals surface area contributed by atoms with Gasteiger partial charge in [-0.25, -0.2) is 0 Å². The van der Waals surface area contributed by atoms with Crippen LogP contribution in [0, 0.1) is 0 Å². The molecule has 0 saturated carbocycles. The zero-order valence-corrected chi connectivity index (χ0v) is 6.12. The number of hydrogen-bond donors (Lipinski definition) is 3. The van der Waals surface area contributed by atoms with E-state index in [1.165, 1.54) is 12.1 Å². The summed E-state index contributed by atoms with van der Waals surface area (Å²) < 4.78 is 0. The Hall–Kier alpha value is -1.22. The van der Waals surface area contributed by atoms with Crippen LogP contribution in [0.15, 0.2) is 18.2 Å². The van der Waals surface area contributed by atoms with Crippen molar-refractivity contribution < 1.29 is 10.2 Å². The Bertz CT molecular complexity index is 248. The van der Waals surface area contributed by atoms with Crippen LogP contribution in [0.25, 0.3) is 0 Å². The van der Waals surface area contributed by atoms with Gasteiger partial charge in [-0.3, -0.25) is 0 Å². The third-order valence-electron chi connectivity index (χ3n) is 1.47. The fourth-order valence-corrected chi connectivity index (χ4v) is 0.891. The van der Waals surface area contributed by atoms with E-state index in [9.17, 15) is 0 Å². The fraction of sp³-hybridized carbons (Fsp3) is 0.250. The van der Waals surface area contributed by atoms with Gasteiger partial charge in [0.1, 0.15) is 0 Å². The summed E-state index contributed by atoms with van der Waals surface area (Å²) in [6.45, 7) is 0.546. The van der Waals surface area contributed by atoms with Gasteiger partial charge in [-0.15, -0.1) is 0 Å². The van der Waals surface area contributed by atoms with Crippen molar-refractivity contribution in [2.75, 3.05) is 6.54 Å². The maximum Gasteiger partial charge on any atom is 0.157 e. The first-order valence-electron chi connectivity index (χ1n) is 3.45. The van der Waals surface area contributed by atoms with Crippen LogP contribution in [0.1, 0.15) is 5.56 Å². The molecule has 3 nitrogen and oxygen atoms in total. The van der Waals surface area contributed by atoms with E-state index in [-0.39, 0.29) is 11.5 Å². The lowest BCUT2D eigenvalue weighted by Crippen LogP contribution is -2.02. The van der Waals surface area contributed by atoms with Gasteiger partial charge in [-0.1, -0.05) is 6.07 Å². The molecule has 3 heteroatoms. The van der Waals surface area contributed by atoms with Crippen LogP contribution in [0.2, 0.25) is 0 Å². The molecule has 60 valence electrons. The Morgan fingerprint density at radius 2 is 1.91 bits per heavy atom. The second-order valence-electron chi connectivity index (χ2n) is 2.36. The van der Waals surface area contributed by atoms with Crippen molar-refractivity contribution in [1.82, 2.24) is 0 Å². The van der Waals surface area contributed by atoms with Crippen LogP contribution in [0.5, 0.6) is 11.5 Å². The normalized spacial score (nSPS) is 9.91. The fourth-order valence-electron chi connectivity index (χ4n) is 0.891. The van der Waals surface area contributed by atoms with Crippen molar-refractivity contribution >= 4 is 0 Å². The van der Waals surface area contributed by atoms with Crippen LogP contribution in [0.3, 0.4) is 0 Å². The molecule has 0 saturated heterocycles. The third-order valence-corrected chi connectivity index (χ3v) is 1.47. The minimum atomic E-state index is -0.0919. The van der Waals surface area contributed by atoms with E-state index in [0.29, 0.717) is 13.0 Å². The van der Waals surface area contributed by atoms with Crippen LogP contribution in [-0.4, -0.2) is 16.8 Å². The van der Waals surface area contributed by atoms with Crippen LogP contribution in [0.4, 0.5) is 0 Å². The van der Waals surface area contributed by atoms with Gasteiger partial charge in [0.2, 0.25) is 0 Å². The van der Waals surface area contributed by atoms with Crippen LogP contribution < -0.4 is 5.73 Å². The quantitative estimate of drug-likeness (QED) is 0.543. The number of benzene rings is 1. The molecule has 0 fully saturated rings. The summed E-state index contributed by atoms with van der Waals surface area (Å²) in [5, 5.41) is 18.0. The molecule has 0 heterocycles. The van der Waals surface area contributed by atoms with E-state index in [4.69, 9.17) is 15.9 Å². The number of phenolic OH excluding ortho intramolecular Hbond substituents is 2. The minimum Gasteiger partial charge on any atom is -0.504 e. The standard InChI is InChI=1S/C8H11NO2/c9-4-3-6-1-2-7(10)8(11)5-6/h1-2,5,10-11H,3-4,9H2/i4-1. The molecule has 0 spiro atoms. The molecule has 0 bridgehead atoms. The van der Waals surface area contributed by atoms with E-state index >= 15 is 0 Å². The molecule has 0 aliphatic carbocycles. The molecule has 0 aromatic heterocycles. The summed E-state index contributed by atoms with van der Waals surface area (Å²) in [6, 6.07) is 4.71. The monoisotopic (exact) mass is 152 g/mol. The number of hydrogen-bond acceptors (Lipinski definition) is 3. The Morgan fingerprint density at radius 3 is 2.45 bits per heavy atom. The van der Waals surface area contributed by atoms with Gasteiger partial charge in [0.25, 0.3) is 0 Å². The topological polar surface area (TPSA) is 66.5 Å². The number of rotatable bonds is 2. The van der Waals surface area contributed by atoms with Crippen LogP contribution >= 0.6 is 0 Å². The van der Waals surface area contributed by atoms with Gasteiger partial charge >= 0.3 is 0 Å². The molecule has 0 unspecified atom stereocenters. The Labute approximate surface area is 65.1 Å². The second kappa shape index (κ2) is 3.25. The van der Waals surface area contributed by atoms with Crippen LogP contribution in [-0.2, 0) is 6.42 Å². The largest absolute Gasteiger partial charge is 0.504 e. The van der Waals surface area contributed by atoms with Crippen molar-refractivity contribution in [2.45, 2.75) is 6.42 Å². The van der Waals surface area contributed by atoms with E-state index in [1.807, 2.05) is 0 Å². The lowest BCUT2D eigenvalue weighted by atomic mass is 9.95.